The van der Waals surface area contributed by atoms with Gasteiger partial charge < -0.3 is 4.90 Å². The molecule has 0 aromatic carbocycles. The minimum Gasteiger partial charge on any atom is -0.303 e. The molecule has 3 nitrogen and oxygen atoms in total. The van der Waals surface area contributed by atoms with E-state index in [4.69, 9.17) is 5.26 Å². The van der Waals surface area contributed by atoms with Gasteiger partial charge in [0.1, 0.15) is 10.9 Å². The van der Waals surface area contributed by atoms with E-state index in [-0.39, 0.29) is 0 Å². The van der Waals surface area contributed by atoms with Gasteiger partial charge in [-0.15, -0.1) is 11.3 Å². The maximum Gasteiger partial charge on any atom is 0.128 e. The Morgan fingerprint density at radius 1 is 1.35 bits per heavy atom. The third-order valence-corrected chi connectivity index (χ3v) is 3.92. The van der Waals surface area contributed by atoms with Crippen LogP contribution < -0.4 is 0 Å². The highest BCUT2D eigenvalue weighted by atomic mass is 32.1. The van der Waals surface area contributed by atoms with Gasteiger partial charge in [0.05, 0.1) is 10.7 Å². The van der Waals surface area contributed by atoms with Crippen molar-refractivity contribution in [2.24, 2.45) is 0 Å². The number of nitriles is 1. The van der Waals surface area contributed by atoms with Gasteiger partial charge >= 0.3 is 0 Å². The summed E-state index contributed by atoms with van der Waals surface area (Å²) in [7, 11) is 0. The van der Waals surface area contributed by atoms with Crippen molar-refractivity contribution in [1.29, 1.82) is 5.26 Å². The van der Waals surface area contributed by atoms with Crippen molar-refractivity contribution in [3.05, 3.63) is 15.6 Å². The van der Waals surface area contributed by atoms with Crippen LogP contribution in [0.3, 0.4) is 0 Å². The molecule has 0 saturated heterocycles. The zero-order valence-corrected chi connectivity index (χ0v) is 12.0. The molecule has 1 heterocycles. The van der Waals surface area contributed by atoms with Crippen LogP contribution in [0.5, 0.6) is 0 Å². The minimum atomic E-state index is 0.336. The Hall–Kier alpha value is -0.920. The molecular formula is C13H21N3S. The number of aromatic nitrogens is 1. The van der Waals surface area contributed by atoms with Crippen molar-refractivity contribution in [1.82, 2.24) is 9.88 Å². The third kappa shape index (κ3) is 3.79. The number of likely N-dealkylation sites (N-methyl/N-ethyl adjacent to an activating group) is 1. The van der Waals surface area contributed by atoms with Crippen LogP contribution in [0.2, 0.25) is 0 Å². The van der Waals surface area contributed by atoms with Gasteiger partial charge in [0.2, 0.25) is 0 Å². The summed E-state index contributed by atoms with van der Waals surface area (Å²) < 4.78 is 0. The summed E-state index contributed by atoms with van der Waals surface area (Å²) in [6.45, 7) is 11.7. The largest absolute Gasteiger partial charge is 0.303 e. The van der Waals surface area contributed by atoms with Crippen molar-refractivity contribution >= 4 is 11.3 Å². The lowest BCUT2D eigenvalue weighted by molar-refractivity contribution is 0.308. The molecule has 4 heteroatoms. The number of hydrogen-bond acceptors (Lipinski definition) is 4. The summed E-state index contributed by atoms with van der Waals surface area (Å²) in [6.07, 6.45) is 0.952. The highest BCUT2D eigenvalue weighted by molar-refractivity contribution is 7.12. The van der Waals surface area contributed by atoms with Gasteiger partial charge in [-0.1, -0.05) is 27.7 Å². The molecule has 1 rings (SSSR count). The first-order valence-electron chi connectivity index (χ1n) is 6.24. The molecule has 0 spiro atoms. The molecule has 0 aliphatic heterocycles. The molecule has 0 atom stereocenters. The highest BCUT2D eigenvalue weighted by Gasteiger charge is 2.14. The molecule has 0 bridgehead atoms. The van der Waals surface area contributed by atoms with Crippen molar-refractivity contribution in [3.63, 3.8) is 0 Å². The molecule has 0 radical (unpaired) electrons. The average molecular weight is 251 g/mol. The van der Waals surface area contributed by atoms with Crippen LogP contribution in [0.15, 0.2) is 0 Å². The fourth-order valence-electron chi connectivity index (χ4n) is 1.75. The predicted molar refractivity (Wildman–Crippen MR) is 72.4 cm³/mol. The number of nitrogens with zero attached hydrogens (tertiary/aromatic N) is 3. The molecule has 0 amide bonds. The number of thiazole rings is 1. The minimum absolute atomic E-state index is 0.336. The molecule has 0 aliphatic rings. The molecule has 0 fully saturated rings. The van der Waals surface area contributed by atoms with Gasteiger partial charge in [-0.2, -0.15) is 5.26 Å². The molecule has 17 heavy (non-hydrogen) atoms. The smallest absolute Gasteiger partial charge is 0.128 e. The Morgan fingerprint density at radius 3 is 2.41 bits per heavy atom. The van der Waals surface area contributed by atoms with Crippen LogP contribution in [0.25, 0.3) is 0 Å². The molecular weight excluding hydrogens is 230 g/mol. The highest BCUT2D eigenvalue weighted by Crippen LogP contribution is 2.24. The summed E-state index contributed by atoms with van der Waals surface area (Å²) in [6, 6.07) is 2.26. The lowest BCUT2D eigenvalue weighted by Gasteiger charge is -2.16. The van der Waals surface area contributed by atoms with Crippen molar-refractivity contribution in [3.8, 4) is 6.07 Å². The summed E-state index contributed by atoms with van der Waals surface area (Å²) in [4.78, 5) is 7.75. The summed E-state index contributed by atoms with van der Waals surface area (Å²) in [5.74, 6) is 0.336. The molecule has 0 aliphatic carbocycles. The zero-order chi connectivity index (χ0) is 12.8. The molecule has 1 aromatic heterocycles. The van der Waals surface area contributed by atoms with Gasteiger partial charge in [0, 0.05) is 13.0 Å². The lowest BCUT2D eigenvalue weighted by atomic mass is 10.1. The summed E-state index contributed by atoms with van der Waals surface area (Å²) in [5, 5.41) is 10.2. The van der Waals surface area contributed by atoms with E-state index in [1.54, 1.807) is 11.3 Å². The van der Waals surface area contributed by atoms with Gasteiger partial charge in [-0.3, -0.25) is 0 Å². The monoisotopic (exact) mass is 251 g/mol. The zero-order valence-electron chi connectivity index (χ0n) is 11.2. The first-order valence-corrected chi connectivity index (χ1v) is 7.06. The second kappa shape index (κ2) is 6.73. The van der Waals surface area contributed by atoms with Crippen molar-refractivity contribution in [2.75, 3.05) is 19.6 Å². The first kappa shape index (κ1) is 14.1. The summed E-state index contributed by atoms with van der Waals surface area (Å²) in [5.41, 5.74) is 0.965. The maximum atomic E-state index is 9.06. The number of rotatable bonds is 6. The van der Waals surface area contributed by atoms with Crippen LogP contribution in [-0.2, 0) is 6.42 Å². The van der Waals surface area contributed by atoms with E-state index in [1.807, 2.05) is 0 Å². The van der Waals surface area contributed by atoms with E-state index in [2.05, 4.69) is 43.6 Å². The molecule has 1 aromatic rings. The van der Waals surface area contributed by atoms with Crippen LogP contribution in [0.4, 0.5) is 0 Å². The Balaban J connectivity index is 2.70. The van der Waals surface area contributed by atoms with Gasteiger partial charge in [-0.25, -0.2) is 4.98 Å². The maximum absolute atomic E-state index is 9.06. The lowest BCUT2D eigenvalue weighted by Crippen LogP contribution is -2.25. The van der Waals surface area contributed by atoms with E-state index >= 15 is 0 Å². The summed E-state index contributed by atoms with van der Waals surface area (Å²) >= 11 is 1.55. The van der Waals surface area contributed by atoms with Crippen LogP contribution >= 0.6 is 11.3 Å². The third-order valence-electron chi connectivity index (χ3n) is 2.88. The fraction of sp³-hybridized carbons (Fsp3) is 0.692. The van der Waals surface area contributed by atoms with Gasteiger partial charge in [0.25, 0.3) is 0 Å². The van der Waals surface area contributed by atoms with E-state index < -0.39 is 0 Å². The molecule has 0 unspecified atom stereocenters. The Labute approximate surface area is 108 Å². The Morgan fingerprint density at radius 2 is 2.00 bits per heavy atom. The standard InChI is InChI=1S/C13H21N3S/c1-5-16(6-2)8-7-12-15-13(10(3)4)11(9-14)17-12/h10H,5-8H2,1-4H3. The first-order chi connectivity index (χ1) is 8.12. The van der Waals surface area contributed by atoms with Crippen molar-refractivity contribution < 1.29 is 0 Å². The SMILES string of the molecule is CCN(CC)CCc1nc(C(C)C)c(C#N)s1. The van der Waals surface area contributed by atoms with E-state index in [0.29, 0.717) is 5.92 Å². The van der Waals surface area contributed by atoms with E-state index in [1.165, 1.54) is 0 Å². The Kier molecular flexibility index (Phi) is 5.60. The topological polar surface area (TPSA) is 39.9 Å². The quantitative estimate of drug-likeness (QED) is 0.780. The number of hydrogen-bond donors (Lipinski definition) is 0. The van der Waals surface area contributed by atoms with E-state index in [9.17, 15) is 0 Å². The molecule has 0 saturated carbocycles. The molecule has 94 valence electrons. The molecule has 0 N–H and O–H groups in total. The van der Waals surface area contributed by atoms with Gasteiger partial charge in [-0.05, 0) is 19.0 Å². The normalized spacial score (nSPS) is 11.1. The van der Waals surface area contributed by atoms with Crippen molar-refractivity contribution in [2.45, 2.75) is 40.0 Å². The average Bonchev–Trinajstić information content (AvgIpc) is 2.74. The van der Waals surface area contributed by atoms with Crippen LogP contribution in [-0.4, -0.2) is 29.5 Å². The van der Waals surface area contributed by atoms with Crippen LogP contribution in [0.1, 0.15) is 49.2 Å². The van der Waals surface area contributed by atoms with Gasteiger partial charge in [0.15, 0.2) is 0 Å². The fourth-order valence-corrected chi connectivity index (χ4v) is 2.75. The predicted octanol–water partition coefficient (Wildman–Crippen LogP) is 3.02. The second-order valence-electron chi connectivity index (χ2n) is 4.37. The second-order valence-corrected chi connectivity index (χ2v) is 5.45. The Bertz CT molecular complexity index is 386. The van der Waals surface area contributed by atoms with Crippen LogP contribution in [0, 0.1) is 11.3 Å². The van der Waals surface area contributed by atoms with E-state index in [0.717, 1.165) is 41.6 Å².